The van der Waals surface area contributed by atoms with E-state index in [2.05, 4.69) is 24.1 Å². The maximum atomic E-state index is 12.6. The number of piperazine rings is 1. The number of hydrogen-bond donors (Lipinski definition) is 1. The van der Waals surface area contributed by atoms with Crippen LogP contribution in [0, 0.1) is 5.92 Å². The van der Waals surface area contributed by atoms with Crippen LogP contribution in [0.4, 0.5) is 0 Å². The van der Waals surface area contributed by atoms with Crippen molar-refractivity contribution < 1.29 is 9.53 Å². The Morgan fingerprint density at radius 1 is 1.24 bits per heavy atom. The number of hydrogen-bond acceptors (Lipinski definition) is 4. The Hall–Kier alpha value is -0.450. The lowest BCUT2D eigenvalue weighted by molar-refractivity contribution is -0.136. The highest BCUT2D eigenvalue weighted by Crippen LogP contribution is 2.26. The van der Waals surface area contributed by atoms with Crippen LogP contribution in [0.1, 0.15) is 26.7 Å². The minimum absolute atomic E-state index is 0.202. The van der Waals surface area contributed by atoms with Crippen molar-refractivity contribution in [3.8, 4) is 0 Å². The van der Waals surface area contributed by atoms with Gasteiger partial charge < -0.3 is 10.1 Å². The van der Waals surface area contributed by atoms with Crippen LogP contribution in [-0.4, -0.2) is 55.6 Å². The Morgan fingerprint density at radius 2 is 1.82 bits per heavy atom. The van der Waals surface area contributed by atoms with E-state index in [9.17, 15) is 4.79 Å². The molecule has 0 radical (unpaired) electrons. The van der Waals surface area contributed by atoms with Gasteiger partial charge in [0, 0.05) is 45.3 Å². The highest BCUT2D eigenvalue weighted by atomic mass is 16.5. The molecule has 0 saturated carbocycles. The van der Waals surface area contributed by atoms with Gasteiger partial charge in [-0.2, -0.15) is 0 Å². The lowest BCUT2D eigenvalue weighted by Gasteiger charge is -2.42. The smallest absolute Gasteiger partial charge is 0.155 e. The first-order valence-corrected chi connectivity index (χ1v) is 6.70. The lowest BCUT2D eigenvalue weighted by atomic mass is 9.83. The minimum Gasteiger partial charge on any atom is -0.381 e. The van der Waals surface area contributed by atoms with E-state index in [-0.39, 0.29) is 11.5 Å². The van der Waals surface area contributed by atoms with Crippen LogP contribution in [-0.2, 0) is 9.53 Å². The normalized spacial score (nSPS) is 24.8. The molecule has 0 spiro atoms. The topological polar surface area (TPSA) is 41.6 Å². The molecule has 0 aromatic carbocycles. The second kappa shape index (κ2) is 5.46. The van der Waals surface area contributed by atoms with Crippen molar-refractivity contribution in [2.24, 2.45) is 5.92 Å². The first kappa shape index (κ1) is 13.0. The summed E-state index contributed by atoms with van der Waals surface area (Å²) >= 11 is 0. The largest absolute Gasteiger partial charge is 0.381 e. The van der Waals surface area contributed by atoms with Gasteiger partial charge in [0.15, 0.2) is 5.78 Å². The predicted octanol–water partition coefficient (Wildman–Crippen LogP) is 0.666. The summed E-state index contributed by atoms with van der Waals surface area (Å²) in [6, 6.07) is 0. The molecular formula is C13H24N2O2. The molecule has 17 heavy (non-hydrogen) atoms. The van der Waals surface area contributed by atoms with Gasteiger partial charge in [0.1, 0.15) is 0 Å². The van der Waals surface area contributed by atoms with E-state index in [0.717, 1.165) is 52.2 Å². The Balaban J connectivity index is 1.99. The third-order valence-corrected chi connectivity index (χ3v) is 4.10. The monoisotopic (exact) mass is 240 g/mol. The molecule has 0 bridgehead atoms. The van der Waals surface area contributed by atoms with Gasteiger partial charge in [0.05, 0.1) is 5.54 Å². The van der Waals surface area contributed by atoms with Crippen molar-refractivity contribution in [1.29, 1.82) is 0 Å². The van der Waals surface area contributed by atoms with Gasteiger partial charge >= 0.3 is 0 Å². The van der Waals surface area contributed by atoms with E-state index in [4.69, 9.17) is 4.74 Å². The first-order valence-electron chi connectivity index (χ1n) is 6.70. The van der Waals surface area contributed by atoms with Crippen molar-refractivity contribution in [1.82, 2.24) is 10.2 Å². The molecule has 1 N–H and O–H groups in total. The zero-order valence-electron chi connectivity index (χ0n) is 11.0. The summed E-state index contributed by atoms with van der Waals surface area (Å²) in [5, 5.41) is 3.33. The summed E-state index contributed by atoms with van der Waals surface area (Å²) in [4.78, 5) is 14.9. The number of ether oxygens (including phenoxy) is 1. The van der Waals surface area contributed by atoms with Gasteiger partial charge in [0.25, 0.3) is 0 Å². The number of nitrogens with zero attached hydrogens (tertiary/aromatic N) is 1. The van der Waals surface area contributed by atoms with Gasteiger partial charge in [0.2, 0.25) is 0 Å². The molecule has 0 aliphatic carbocycles. The average molecular weight is 240 g/mol. The third-order valence-electron chi connectivity index (χ3n) is 4.10. The summed E-state index contributed by atoms with van der Waals surface area (Å²) in [7, 11) is 0. The number of rotatable bonds is 3. The van der Waals surface area contributed by atoms with Crippen LogP contribution in [0.2, 0.25) is 0 Å². The number of carbonyl (C=O) groups is 1. The summed E-state index contributed by atoms with van der Waals surface area (Å²) in [5.41, 5.74) is -0.315. The van der Waals surface area contributed by atoms with Gasteiger partial charge in [-0.05, 0) is 26.7 Å². The summed E-state index contributed by atoms with van der Waals surface area (Å²) < 4.78 is 5.33. The molecule has 4 nitrogen and oxygen atoms in total. The molecule has 0 aromatic rings. The molecule has 0 amide bonds. The number of Topliss-reactive ketones (excluding diaryl/α,β-unsaturated/α-hetero) is 1. The molecule has 0 aromatic heterocycles. The number of carbonyl (C=O) groups excluding carboxylic acids is 1. The molecule has 0 unspecified atom stereocenters. The SMILES string of the molecule is CC(C)(C(=O)C1CCOCC1)N1CCNCC1. The molecular weight excluding hydrogens is 216 g/mol. The Labute approximate surface area is 104 Å². The molecule has 2 saturated heterocycles. The van der Waals surface area contributed by atoms with Crippen molar-refractivity contribution >= 4 is 5.78 Å². The van der Waals surface area contributed by atoms with Crippen LogP contribution in [0.15, 0.2) is 0 Å². The fourth-order valence-corrected chi connectivity index (χ4v) is 2.84. The highest BCUT2D eigenvalue weighted by Gasteiger charge is 2.39. The van der Waals surface area contributed by atoms with Crippen LogP contribution in [0.3, 0.4) is 0 Å². The Morgan fingerprint density at radius 3 is 2.41 bits per heavy atom. The van der Waals surface area contributed by atoms with E-state index >= 15 is 0 Å². The predicted molar refractivity (Wildman–Crippen MR) is 67.1 cm³/mol. The molecule has 4 heteroatoms. The van der Waals surface area contributed by atoms with E-state index in [1.54, 1.807) is 0 Å². The second-order valence-corrected chi connectivity index (χ2v) is 5.55. The van der Waals surface area contributed by atoms with E-state index in [1.165, 1.54) is 0 Å². The van der Waals surface area contributed by atoms with Gasteiger partial charge in [-0.3, -0.25) is 9.69 Å². The molecule has 2 heterocycles. The molecule has 0 atom stereocenters. The summed E-state index contributed by atoms with van der Waals surface area (Å²) in [6.45, 7) is 9.58. The lowest BCUT2D eigenvalue weighted by Crippen LogP contribution is -2.58. The third kappa shape index (κ3) is 2.87. The van der Waals surface area contributed by atoms with Crippen molar-refractivity contribution in [3.05, 3.63) is 0 Å². The van der Waals surface area contributed by atoms with Gasteiger partial charge in [-0.25, -0.2) is 0 Å². The van der Waals surface area contributed by atoms with Gasteiger partial charge in [-0.1, -0.05) is 0 Å². The zero-order valence-corrected chi connectivity index (χ0v) is 11.0. The van der Waals surface area contributed by atoms with Crippen LogP contribution in [0.25, 0.3) is 0 Å². The van der Waals surface area contributed by atoms with E-state index in [1.807, 2.05) is 0 Å². The standard InChI is InChI=1S/C13H24N2O2/c1-13(2,15-7-5-14-6-8-15)12(16)11-3-9-17-10-4-11/h11,14H,3-10H2,1-2H3. The Kier molecular flexibility index (Phi) is 4.17. The summed E-state index contributed by atoms with van der Waals surface area (Å²) in [5.74, 6) is 0.608. The average Bonchev–Trinajstić information content (AvgIpc) is 2.40. The molecule has 2 fully saturated rings. The number of nitrogens with one attached hydrogen (secondary N) is 1. The van der Waals surface area contributed by atoms with E-state index in [0.29, 0.717) is 5.78 Å². The van der Waals surface area contributed by atoms with Crippen LogP contribution < -0.4 is 5.32 Å². The second-order valence-electron chi connectivity index (χ2n) is 5.55. The first-order chi connectivity index (χ1) is 8.12. The maximum Gasteiger partial charge on any atom is 0.155 e. The van der Waals surface area contributed by atoms with Crippen molar-refractivity contribution in [2.45, 2.75) is 32.2 Å². The zero-order chi connectivity index (χ0) is 12.3. The van der Waals surface area contributed by atoms with Crippen molar-refractivity contribution in [3.63, 3.8) is 0 Å². The summed E-state index contributed by atoms with van der Waals surface area (Å²) in [6.07, 6.45) is 1.79. The van der Waals surface area contributed by atoms with Crippen LogP contribution >= 0.6 is 0 Å². The Bertz CT molecular complexity index is 267. The number of ketones is 1. The molecule has 2 rings (SSSR count). The quantitative estimate of drug-likeness (QED) is 0.787. The fourth-order valence-electron chi connectivity index (χ4n) is 2.84. The maximum absolute atomic E-state index is 12.6. The molecule has 2 aliphatic heterocycles. The highest BCUT2D eigenvalue weighted by molar-refractivity contribution is 5.89. The minimum atomic E-state index is -0.315. The molecule has 2 aliphatic rings. The van der Waals surface area contributed by atoms with Gasteiger partial charge in [-0.15, -0.1) is 0 Å². The van der Waals surface area contributed by atoms with Crippen molar-refractivity contribution in [2.75, 3.05) is 39.4 Å². The molecule has 98 valence electrons. The van der Waals surface area contributed by atoms with Crippen LogP contribution in [0.5, 0.6) is 0 Å². The fraction of sp³-hybridized carbons (Fsp3) is 0.923. The van der Waals surface area contributed by atoms with E-state index < -0.39 is 0 Å².